The predicted octanol–water partition coefficient (Wildman–Crippen LogP) is 10.5. The number of aromatic nitrogens is 6. The summed E-state index contributed by atoms with van der Waals surface area (Å²) in [5, 5.41) is 29.2. The van der Waals surface area contributed by atoms with Gasteiger partial charge in [-0.25, -0.2) is 14.8 Å². The van der Waals surface area contributed by atoms with Crippen LogP contribution in [0.1, 0.15) is 125 Å². The topological polar surface area (TPSA) is 125 Å². The van der Waals surface area contributed by atoms with E-state index >= 15 is 0 Å². The molecule has 314 valence electrons. The van der Waals surface area contributed by atoms with Gasteiger partial charge in [0.2, 0.25) is 0 Å². The van der Waals surface area contributed by atoms with Crippen LogP contribution in [0.3, 0.4) is 0 Å². The van der Waals surface area contributed by atoms with Gasteiger partial charge in [0.1, 0.15) is 5.82 Å². The van der Waals surface area contributed by atoms with Gasteiger partial charge in [-0.3, -0.25) is 4.68 Å². The standard InChI is InChI=1S/C48H59N9O2S/c1-31-33-13-11-22-56(41(33)54-53-40(31)52-43-50-36-14-7-8-15-37(36)60-43)38-17-16-34(39(51-38)42(58)59)35-23-49-57(32(35)2)30-46-24-44(3)25-47(18-12-21-55-19-9-5-6-10-20-55)28-45(4,27-46)48(47,26-44)29-46/h7-8,14-17,23H,5-6,9-13,18-22,24-30H2,1-4H3,(H,58,59)(H,50,52,53). The van der Waals surface area contributed by atoms with Crippen molar-refractivity contribution in [3.63, 3.8) is 0 Å². The van der Waals surface area contributed by atoms with Crippen LogP contribution in [0.4, 0.5) is 22.6 Å². The van der Waals surface area contributed by atoms with Gasteiger partial charge in [0.05, 0.1) is 16.4 Å². The van der Waals surface area contributed by atoms with Crippen LogP contribution in [-0.2, 0) is 13.0 Å². The molecule has 0 radical (unpaired) electrons. The molecule has 3 bridgehead atoms. The number of rotatable bonds is 11. The van der Waals surface area contributed by atoms with Gasteiger partial charge in [0.25, 0.3) is 0 Å². The SMILES string of the molecule is Cc1c(Nc2nc3ccccc3s2)nnc2c1CCCN2c1ccc(-c2cnn(CC34CC5(C)CC6(CCCN7CCCCCC7)CC(C)(C3)C6(C5)C4)c2C)c(C(=O)O)n1. The number of hydrogen-bond donors (Lipinski definition) is 2. The highest BCUT2D eigenvalue weighted by Gasteiger charge is 2.83. The summed E-state index contributed by atoms with van der Waals surface area (Å²) in [6, 6.07) is 12.0. The van der Waals surface area contributed by atoms with Gasteiger partial charge in [-0.05, 0) is 162 Å². The van der Waals surface area contributed by atoms with E-state index < -0.39 is 5.97 Å². The number of aromatic carboxylic acids is 1. The second kappa shape index (κ2) is 13.8. The van der Waals surface area contributed by atoms with E-state index in [9.17, 15) is 9.90 Å². The molecule has 6 heterocycles. The van der Waals surface area contributed by atoms with E-state index in [0.29, 0.717) is 45.4 Å². The van der Waals surface area contributed by atoms with Gasteiger partial charge in [0.15, 0.2) is 22.5 Å². The number of hydrogen-bond acceptors (Lipinski definition) is 10. The van der Waals surface area contributed by atoms with Crippen molar-refractivity contribution >= 4 is 50.1 Å². The van der Waals surface area contributed by atoms with Crippen LogP contribution in [0, 0.1) is 40.9 Å². The summed E-state index contributed by atoms with van der Waals surface area (Å²) in [5.41, 5.74) is 7.55. The molecule has 60 heavy (non-hydrogen) atoms. The number of benzene rings is 1. The number of carboxylic acids is 1. The van der Waals surface area contributed by atoms with Crippen LogP contribution >= 0.6 is 11.3 Å². The van der Waals surface area contributed by atoms with E-state index in [1.807, 2.05) is 41.4 Å². The Morgan fingerprint density at radius 2 is 1.72 bits per heavy atom. The van der Waals surface area contributed by atoms with Gasteiger partial charge in [-0.2, -0.15) is 5.10 Å². The molecule has 5 fully saturated rings. The Labute approximate surface area is 357 Å². The fraction of sp³-hybridized carbons (Fsp3) is 0.583. The average molecular weight is 826 g/mol. The molecule has 1 aromatic carbocycles. The minimum absolute atomic E-state index is 0.0396. The van der Waals surface area contributed by atoms with Gasteiger partial charge in [0, 0.05) is 41.0 Å². The number of carboxylic acid groups (broad SMARTS) is 1. The van der Waals surface area contributed by atoms with Crippen molar-refractivity contribution in [1.29, 1.82) is 0 Å². The Balaban J connectivity index is 0.833. The van der Waals surface area contributed by atoms with Crippen LogP contribution in [0.15, 0.2) is 42.6 Å². The number of thiazole rings is 1. The third kappa shape index (κ3) is 5.89. The zero-order valence-corrected chi connectivity index (χ0v) is 36.6. The summed E-state index contributed by atoms with van der Waals surface area (Å²) in [7, 11) is 0. The number of nitrogens with zero attached hydrogens (tertiary/aromatic N) is 8. The highest BCUT2D eigenvalue weighted by molar-refractivity contribution is 7.22. The Bertz CT molecular complexity index is 2490. The monoisotopic (exact) mass is 825 g/mol. The number of pyridine rings is 1. The molecule has 4 aromatic heterocycles. The predicted molar refractivity (Wildman–Crippen MR) is 238 cm³/mol. The lowest BCUT2D eigenvalue weighted by molar-refractivity contribution is -0.174. The van der Waals surface area contributed by atoms with Gasteiger partial charge >= 0.3 is 5.97 Å². The zero-order chi connectivity index (χ0) is 41.1. The molecule has 12 heteroatoms. The first kappa shape index (κ1) is 38.5. The maximum Gasteiger partial charge on any atom is 0.355 e. The summed E-state index contributed by atoms with van der Waals surface area (Å²) < 4.78 is 3.33. The van der Waals surface area contributed by atoms with Crippen molar-refractivity contribution in [1.82, 2.24) is 34.8 Å². The molecule has 5 atom stereocenters. The third-order valence-corrected chi connectivity index (χ3v) is 17.6. The lowest BCUT2D eigenvalue weighted by atomic mass is 9.38. The first-order valence-electron chi connectivity index (χ1n) is 22.7. The van der Waals surface area contributed by atoms with Crippen LogP contribution in [0.25, 0.3) is 21.3 Å². The lowest BCUT2D eigenvalue weighted by Gasteiger charge is -2.66. The Kier molecular flexibility index (Phi) is 8.85. The van der Waals surface area contributed by atoms with E-state index in [0.717, 1.165) is 62.9 Å². The molecule has 11 nitrogen and oxygen atoms in total. The van der Waals surface area contributed by atoms with Crippen molar-refractivity contribution in [3.05, 3.63) is 65.1 Å². The van der Waals surface area contributed by atoms with Gasteiger partial charge in [-0.1, -0.05) is 50.2 Å². The molecule has 1 saturated heterocycles. The fourth-order valence-corrected chi connectivity index (χ4v) is 15.8. The molecule has 6 aliphatic rings. The number of nitrogens with one attached hydrogen (secondary N) is 1. The van der Waals surface area contributed by atoms with Crippen molar-refractivity contribution in [2.75, 3.05) is 36.4 Å². The molecule has 5 aromatic rings. The Morgan fingerprint density at radius 3 is 2.53 bits per heavy atom. The highest BCUT2D eigenvalue weighted by atomic mass is 32.1. The number of anilines is 4. The number of para-hydroxylation sites is 1. The van der Waals surface area contributed by atoms with Crippen molar-refractivity contribution in [3.8, 4) is 11.1 Å². The average Bonchev–Trinajstić information content (AvgIpc) is 3.78. The quantitative estimate of drug-likeness (QED) is 0.133. The summed E-state index contributed by atoms with van der Waals surface area (Å²) in [4.78, 5) is 27.4. The van der Waals surface area contributed by atoms with E-state index in [1.54, 1.807) is 11.3 Å². The molecular weight excluding hydrogens is 767 g/mol. The first-order valence-corrected chi connectivity index (χ1v) is 23.5. The minimum atomic E-state index is -1.05. The summed E-state index contributed by atoms with van der Waals surface area (Å²) in [6.45, 7) is 14.9. The van der Waals surface area contributed by atoms with Crippen LogP contribution in [0.5, 0.6) is 0 Å². The van der Waals surface area contributed by atoms with Gasteiger partial charge in [-0.15, -0.1) is 10.2 Å². The van der Waals surface area contributed by atoms with Crippen molar-refractivity contribution in [2.24, 2.45) is 27.1 Å². The first-order chi connectivity index (χ1) is 28.9. The van der Waals surface area contributed by atoms with E-state index in [1.165, 1.54) is 96.7 Å². The maximum absolute atomic E-state index is 13.0. The third-order valence-electron chi connectivity index (χ3n) is 16.6. The number of fused-ring (bicyclic) bond motifs is 4. The van der Waals surface area contributed by atoms with Crippen molar-refractivity contribution in [2.45, 2.75) is 124 Å². The second-order valence-electron chi connectivity index (χ2n) is 20.7. The second-order valence-corrected chi connectivity index (χ2v) is 21.7. The number of carbonyl (C=O) groups is 1. The van der Waals surface area contributed by atoms with Crippen LogP contribution in [0.2, 0.25) is 0 Å². The molecule has 2 aliphatic heterocycles. The maximum atomic E-state index is 13.0. The van der Waals surface area contributed by atoms with E-state index in [4.69, 9.17) is 20.2 Å². The fourth-order valence-electron chi connectivity index (χ4n) is 14.9. The van der Waals surface area contributed by atoms with Crippen molar-refractivity contribution < 1.29 is 9.90 Å². The molecule has 4 aliphatic carbocycles. The lowest BCUT2D eigenvalue weighted by Crippen LogP contribution is -2.58. The largest absolute Gasteiger partial charge is 0.476 e. The smallest absolute Gasteiger partial charge is 0.355 e. The Morgan fingerprint density at radius 1 is 0.883 bits per heavy atom. The molecule has 2 N–H and O–H groups in total. The highest BCUT2D eigenvalue weighted by Crippen LogP contribution is 2.92. The van der Waals surface area contributed by atoms with E-state index in [2.05, 4.69) is 53.8 Å². The molecule has 1 spiro atoms. The van der Waals surface area contributed by atoms with Crippen LogP contribution < -0.4 is 10.2 Å². The van der Waals surface area contributed by atoms with Gasteiger partial charge < -0.3 is 20.2 Å². The van der Waals surface area contributed by atoms with E-state index in [-0.39, 0.29) is 11.1 Å². The normalized spacial score (nSPS) is 30.6. The Hall–Kier alpha value is -4.42. The minimum Gasteiger partial charge on any atom is -0.476 e. The summed E-state index contributed by atoms with van der Waals surface area (Å²) >= 11 is 1.59. The zero-order valence-electron chi connectivity index (χ0n) is 35.8. The molecule has 11 rings (SSSR count). The molecular formula is C48H59N9O2S. The summed E-state index contributed by atoms with van der Waals surface area (Å²) in [5.74, 6) is 0.930. The molecule has 4 saturated carbocycles. The summed E-state index contributed by atoms with van der Waals surface area (Å²) in [6.07, 6.45) is 20.0. The molecule has 5 unspecified atom stereocenters. The van der Waals surface area contributed by atoms with Crippen LogP contribution in [-0.4, -0.2) is 72.1 Å². The number of likely N-dealkylation sites (tertiary alicyclic amines) is 1. The molecule has 0 amide bonds.